The van der Waals surface area contributed by atoms with Crippen molar-refractivity contribution in [1.29, 1.82) is 0 Å². The maximum Gasteiger partial charge on any atom is 0.416 e. The highest BCUT2D eigenvalue weighted by molar-refractivity contribution is 9.10. The number of rotatable bonds is 6. The second kappa shape index (κ2) is 9.76. The van der Waals surface area contributed by atoms with Gasteiger partial charge in [0.2, 0.25) is 5.91 Å². The molecule has 2 heterocycles. The van der Waals surface area contributed by atoms with E-state index in [0.29, 0.717) is 36.3 Å². The van der Waals surface area contributed by atoms with Crippen molar-refractivity contribution in [3.8, 4) is 0 Å². The zero-order chi connectivity index (χ0) is 21.7. The van der Waals surface area contributed by atoms with E-state index in [0.717, 1.165) is 12.1 Å². The molecule has 30 heavy (non-hydrogen) atoms. The average molecular weight is 488 g/mol. The van der Waals surface area contributed by atoms with Crippen LogP contribution in [0.25, 0.3) is 0 Å². The van der Waals surface area contributed by atoms with Gasteiger partial charge in [0.15, 0.2) is 0 Å². The molecule has 1 aromatic heterocycles. The smallest absolute Gasteiger partial charge is 0.379 e. The van der Waals surface area contributed by atoms with Crippen molar-refractivity contribution in [2.24, 2.45) is 0 Å². The van der Waals surface area contributed by atoms with E-state index in [1.807, 2.05) is 0 Å². The third-order valence-corrected chi connectivity index (χ3v) is 5.33. The van der Waals surface area contributed by atoms with Crippen LogP contribution in [-0.4, -0.2) is 48.2 Å². The number of halogens is 4. The Morgan fingerprint density at radius 1 is 1.13 bits per heavy atom. The van der Waals surface area contributed by atoms with Gasteiger partial charge in [0.25, 0.3) is 5.56 Å². The number of benzene rings is 1. The minimum absolute atomic E-state index is 0.152. The number of carbonyl (C=O) groups is 1. The van der Waals surface area contributed by atoms with Crippen LogP contribution < -0.4 is 10.9 Å². The van der Waals surface area contributed by atoms with Crippen molar-refractivity contribution in [3.05, 3.63) is 68.5 Å². The van der Waals surface area contributed by atoms with E-state index in [-0.39, 0.29) is 30.6 Å². The first-order valence-electron chi connectivity index (χ1n) is 9.35. The molecule has 3 rings (SSSR count). The lowest BCUT2D eigenvalue weighted by molar-refractivity contribution is -0.137. The largest absolute Gasteiger partial charge is 0.416 e. The SMILES string of the molecule is O=C(Cn1cc(Br)ccc1=O)NCC(c1ccc(C(F)(F)F)cc1)N1CCOCC1. The number of carbonyl (C=O) groups excluding carboxylic acids is 1. The van der Waals surface area contributed by atoms with Gasteiger partial charge in [-0.05, 0) is 39.7 Å². The van der Waals surface area contributed by atoms with Crippen molar-refractivity contribution < 1.29 is 22.7 Å². The first kappa shape index (κ1) is 22.5. The van der Waals surface area contributed by atoms with Crippen molar-refractivity contribution in [2.45, 2.75) is 18.8 Å². The Balaban J connectivity index is 1.72. The minimum atomic E-state index is -4.40. The number of alkyl halides is 3. The first-order valence-corrected chi connectivity index (χ1v) is 10.1. The Hall–Kier alpha value is -2.17. The van der Waals surface area contributed by atoms with E-state index in [1.165, 1.54) is 29.0 Å². The molecule has 10 heteroatoms. The molecule has 1 aromatic carbocycles. The number of nitrogens with one attached hydrogen (secondary N) is 1. The topological polar surface area (TPSA) is 63.6 Å². The molecule has 1 amide bonds. The Bertz CT molecular complexity index is 925. The molecule has 1 aliphatic heterocycles. The summed E-state index contributed by atoms with van der Waals surface area (Å²) in [4.78, 5) is 26.3. The van der Waals surface area contributed by atoms with Gasteiger partial charge in [0.05, 0.1) is 24.8 Å². The number of amides is 1. The molecule has 2 aromatic rings. The molecule has 0 aliphatic carbocycles. The molecule has 0 spiro atoms. The lowest BCUT2D eigenvalue weighted by Gasteiger charge is -2.35. The molecule has 1 N–H and O–H groups in total. The van der Waals surface area contributed by atoms with Gasteiger partial charge >= 0.3 is 6.18 Å². The lowest BCUT2D eigenvalue weighted by atomic mass is 10.0. The summed E-state index contributed by atoms with van der Waals surface area (Å²) in [7, 11) is 0. The molecular weight excluding hydrogens is 467 g/mol. The molecule has 0 saturated carbocycles. The number of ether oxygens (including phenoxy) is 1. The zero-order valence-corrected chi connectivity index (χ0v) is 17.6. The summed E-state index contributed by atoms with van der Waals surface area (Å²) in [6.07, 6.45) is -2.88. The van der Waals surface area contributed by atoms with E-state index in [9.17, 15) is 22.8 Å². The van der Waals surface area contributed by atoms with Gasteiger partial charge in [0.1, 0.15) is 6.54 Å². The van der Waals surface area contributed by atoms with Crippen molar-refractivity contribution in [3.63, 3.8) is 0 Å². The van der Waals surface area contributed by atoms with E-state index in [2.05, 4.69) is 26.1 Å². The van der Waals surface area contributed by atoms with Gasteiger partial charge in [0, 0.05) is 36.4 Å². The van der Waals surface area contributed by atoms with Crippen LogP contribution in [0.2, 0.25) is 0 Å². The minimum Gasteiger partial charge on any atom is -0.379 e. The predicted octanol–water partition coefficient (Wildman–Crippen LogP) is 2.82. The number of nitrogens with zero attached hydrogens (tertiary/aromatic N) is 2. The van der Waals surface area contributed by atoms with Gasteiger partial charge in [-0.3, -0.25) is 14.5 Å². The summed E-state index contributed by atoms with van der Waals surface area (Å²) in [6.45, 7) is 2.28. The number of hydrogen-bond acceptors (Lipinski definition) is 4. The van der Waals surface area contributed by atoms with Crippen LogP contribution in [0.1, 0.15) is 17.2 Å². The fraction of sp³-hybridized carbons (Fsp3) is 0.400. The molecule has 6 nitrogen and oxygen atoms in total. The summed E-state index contributed by atoms with van der Waals surface area (Å²) in [5.74, 6) is -0.361. The van der Waals surface area contributed by atoms with Crippen LogP contribution in [0.15, 0.2) is 51.9 Å². The molecule has 162 valence electrons. The summed E-state index contributed by atoms with van der Waals surface area (Å²) in [6, 6.07) is 7.62. The standard InChI is InChI=1S/C20H21BrF3N3O3/c21-16-5-6-19(29)27(12-16)13-18(28)25-11-17(26-7-9-30-10-8-26)14-1-3-15(4-2-14)20(22,23)24/h1-6,12,17H,7-11,13H2,(H,25,28). The fourth-order valence-corrected chi connectivity index (χ4v) is 3.67. The van der Waals surface area contributed by atoms with Crippen LogP contribution in [0, 0.1) is 0 Å². The molecule has 1 fully saturated rings. The van der Waals surface area contributed by atoms with Crippen LogP contribution >= 0.6 is 15.9 Å². The normalized spacial score (nSPS) is 16.3. The molecule has 1 aliphatic rings. The van der Waals surface area contributed by atoms with E-state index < -0.39 is 11.7 Å². The predicted molar refractivity (Wildman–Crippen MR) is 108 cm³/mol. The monoisotopic (exact) mass is 487 g/mol. The lowest BCUT2D eigenvalue weighted by Crippen LogP contribution is -2.44. The summed E-state index contributed by atoms with van der Waals surface area (Å²) in [5, 5.41) is 2.80. The van der Waals surface area contributed by atoms with Gasteiger partial charge in [-0.2, -0.15) is 13.2 Å². The maximum atomic E-state index is 12.9. The van der Waals surface area contributed by atoms with Crippen LogP contribution in [0.4, 0.5) is 13.2 Å². The fourth-order valence-electron chi connectivity index (χ4n) is 3.29. The van der Waals surface area contributed by atoms with E-state index in [4.69, 9.17) is 4.74 Å². The van der Waals surface area contributed by atoms with Crippen molar-refractivity contribution in [1.82, 2.24) is 14.8 Å². The summed E-state index contributed by atoms with van der Waals surface area (Å²) < 4.78 is 46.0. The highest BCUT2D eigenvalue weighted by atomic mass is 79.9. The van der Waals surface area contributed by atoms with E-state index in [1.54, 1.807) is 6.07 Å². The highest BCUT2D eigenvalue weighted by Crippen LogP contribution is 2.31. The highest BCUT2D eigenvalue weighted by Gasteiger charge is 2.31. The van der Waals surface area contributed by atoms with Gasteiger partial charge < -0.3 is 14.6 Å². The number of morpholine rings is 1. The second-order valence-corrected chi connectivity index (χ2v) is 7.82. The first-order chi connectivity index (χ1) is 14.2. The van der Waals surface area contributed by atoms with E-state index >= 15 is 0 Å². The average Bonchev–Trinajstić information content (AvgIpc) is 2.71. The second-order valence-electron chi connectivity index (χ2n) is 6.90. The zero-order valence-electron chi connectivity index (χ0n) is 16.0. The molecule has 1 unspecified atom stereocenters. The molecular formula is C20H21BrF3N3O3. The van der Waals surface area contributed by atoms with Gasteiger partial charge in [-0.25, -0.2) is 0 Å². The van der Waals surface area contributed by atoms with Crippen molar-refractivity contribution in [2.75, 3.05) is 32.8 Å². The molecule has 1 saturated heterocycles. The summed E-state index contributed by atoms with van der Waals surface area (Å²) >= 11 is 3.26. The Morgan fingerprint density at radius 2 is 1.80 bits per heavy atom. The summed E-state index contributed by atoms with van der Waals surface area (Å²) in [5.41, 5.74) is -0.351. The van der Waals surface area contributed by atoms with Crippen LogP contribution in [0.3, 0.4) is 0 Å². The van der Waals surface area contributed by atoms with Crippen LogP contribution in [0.5, 0.6) is 0 Å². The third kappa shape index (κ3) is 5.93. The number of hydrogen-bond donors (Lipinski definition) is 1. The third-order valence-electron chi connectivity index (χ3n) is 4.86. The Kier molecular flexibility index (Phi) is 7.32. The number of pyridine rings is 1. The molecule has 0 bridgehead atoms. The van der Waals surface area contributed by atoms with Crippen LogP contribution in [-0.2, 0) is 22.3 Å². The van der Waals surface area contributed by atoms with Crippen molar-refractivity contribution >= 4 is 21.8 Å². The number of aromatic nitrogens is 1. The molecule has 0 radical (unpaired) electrons. The molecule has 1 atom stereocenters. The Labute approximate surface area is 179 Å². The van der Waals surface area contributed by atoms with Gasteiger partial charge in [-0.15, -0.1) is 0 Å². The Morgan fingerprint density at radius 3 is 2.43 bits per heavy atom. The maximum absolute atomic E-state index is 12.9. The quantitative estimate of drug-likeness (QED) is 0.680. The van der Waals surface area contributed by atoms with Gasteiger partial charge in [-0.1, -0.05) is 12.1 Å².